The number of esters is 1. The Kier molecular flexibility index (Phi) is 4.61. The quantitative estimate of drug-likeness (QED) is 0.585. The topological polar surface area (TPSA) is 31.2 Å². The number of carbonyl (C=O) groups is 1. The molecule has 2 aromatic rings. The molecule has 0 saturated carbocycles. The van der Waals surface area contributed by atoms with E-state index in [9.17, 15) is 4.79 Å². The van der Waals surface area contributed by atoms with E-state index in [1.54, 1.807) is 0 Å². The van der Waals surface area contributed by atoms with Gasteiger partial charge >= 0.3 is 5.97 Å². The van der Waals surface area contributed by atoms with Gasteiger partial charge in [0.25, 0.3) is 0 Å². The molecular formula is C16H21NO2. The molecule has 1 aromatic carbocycles. The van der Waals surface area contributed by atoms with Gasteiger partial charge in [-0.2, -0.15) is 0 Å². The highest BCUT2D eigenvalue weighted by Gasteiger charge is 2.07. The number of ether oxygens (including phenoxy) is 1. The summed E-state index contributed by atoms with van der Waals surface area (Å²) in [6.45, 7) is 5.03. The van der Waals surface area contributed by atoms with Gasteiger partial charge in [0, 0.05) is 11.7 Å². The van der Waals surface area contributed by atoms with Crippen molar-refractivity contribution in [3.05, 3.63) is 36.0 Å². The zero-order valence-electron chi connectivity index (χ0n) is 11.7. The van der Waals surface area contributed by atoms with Crippen LogP contribution in [0.4, 0.5) is 0 Å². The molecule has 0 spiro atoms. The van der Waals surface area contributed by atoms with Crippen LogP contribution in [0.25, 0.3) is 10.9 Å². The number of carbonyl (C=O) groups excluding carboxylic acids is 1. The third-order valence-corrected chi connectivity index (χ3v) is 3.24. The smallest absolute Gasteiger partial charge is 0.325 e. The Hall–Kier alpha value is -1.77. The van der Waals surface area contributed by atoms with Crippen molar-refractivity contribution in [3.8, 4) is 0 Å². The first-order chi connectivity index (χ1) is 9.20. The lowest BCUT2D eigenvalue weighted by Gasteiger charge is -2.07. The molecule has 0 bridgehead atoms. The molecule has 0 amide bonds. The van der Waals surface area contributed by atoms with E-state index in [4.69, 9.17) is 4.74 Å². The molecule has 0 unspecified atom stereocenters. The maximum atomic E-state index is 11.7. The number of benzene rings is 1. The molecule has 2 rings (SSSR count). The van der Waals surface area contributed by atoms with Gasteiger partial charge in [-0.1, -0.05) is 31.4 Å². The zero-order valence-corrected chi connectivity index (χ0v) is 11.7. The normalized spacial score (nSPS) is 10.8. The summed E-state index contributed by atoms with van der Waals surface area (Å²) in [6.07, 6.45) is 5.14. The number of hydrogen-bond acceptors (Lipinski definition) is 2. The van der Waals surface area contributed by atoms with Gasteiger partial charge in [0.1, 0.15) is 6.54 Å². The number of aromatic nitrogens is 1. The van der Waals surface area contributed by atoms with Gasteiger partial charge in [0.15, 0.2) is 0 Å². The molecule has 0 radical (unpaired) electrons. The first-order valence-electron chi connectivity index (χ1n) is 6.92. The summed E-state index contributed by atoms with van der Waals surface area (Å²) < 4.78 is 7.17. The third kappa shape index (κ3) is 3.60. The monoisotopic (exact) mass is 259 g/mol. The fourth-order valence-corrected chi connectivity index (χ4v) is 2.18. The summed E-state index contributed by atoms with van der Waals surface area (Å²) in [5.74, 6) is -0.158. The van der Waals surface area contributed by atoms with Crippen molar-refractivity contribution in [1.29, 1.82) is 0 Å². The molecule has 0 saturated heterocycles. The molecule has 1 heterocycles. The maximum Gasteiger partial charge on any atom is 0.325 e. The van der Waals surface area contributed by atoms with Gasteiger partial charge in [-0.05, 0) is 36.9 Å². The number of aryl methyl sites for hydroxylation is 1. The highest BCUT2D eigenvalue weighted by Crippen LogP contribution is 2.17. The second-order valence-electron chi connectivity index (χ2n) is 4.93. The minimum atomic E-state index is -0.158. The van der Waals surface area contributed by atoms with Crippen LogP contribution in [0.15, 0.2) is 30.5 Å². The molecule has 0 N–H and O–H groups in total. The molecular weight excluding hydrogens is 238 g/mol. The fourth-order valence-electron chi connectivity index (χ4n) is 2.18. The molecule has 3 heteroatoms. The Balaban J connectivity index is 1.95. The number of hydrogen-bond donors (Lipinski definition) is 0. The first-order valence-corrected chi connectivity index (χ1v) is 6.92. The van der Waals surface area contributed by atoms with Crippen LogP contribution in [0.5, 0.6) is 0 Å². The van der Waals surface area contributed by atoms with Crippen molar-refractivity contribution in [2.45, 2.75) is 39.7 Å². The largest absolute Gasteiger partial charge is 0.464 e. The van der Waals surface area contributed by atoms with E-state index in [1.807, 2.05) is 16.8 Å². The minimum Gasteiger partial charge on any atom is -0.464 e. The van der Waals surface area contributed by atoms with Gasteiger partial charge in [0.2, 0.25) is 0 Å². The van der Waals surface area contributed by atoms with Crippen molar-refractivity contribution in [3.63, 3.8) is 0 Å². The lowest BCUT2D eigenvalue weighted by atomic mass is 10.2. The predicted octanol–water partition coefficient (Wildman–Crippen LogP) is 3.68. The first kappa shape index (κ1) is 13.7. The van der Waals surface area contributed by atoms with E-state index in [2.05, 4.69) is 32.0 Å². The van der Waals surface area contributed by atoms with Crippen LogP contribution < -0.4 is 0 Å². The van der Waals surface area contributed by atoms with Gasteiger partial charge in [-0.3, -0.25) is 4.79 Å². The van der Waals surface area contributed by atoms with Crippen LogP contribution in [0.1, 0.15) is 31.7 Å². The number of rotatable bonds is 6. The third-order valence-electron chi connectivity index (χ3n) is 3.24. The Morgan fingerprint density at radius 2 is 2.11 bits per heavy atom. The van der Waals surface area contributed by atoms with Crippen LogP contribution >= 0.6 is 0 Å². The molecule has 0 fully saturated rings. The molecule has 3 nitrogen and oxygen atoms in total. The Labute approximate surface area is 114 Å². The standard InChI is InChI=1S/C16H21NO2/c1-3-4-5-10-19-16(18)12-17-9-8-14-11-13(2)6-7-15(14)17/h6-9,11H,3-5,10,12H2,1-2H3. The van der Waals surface area contributed by atoms with Gasteiger partial charge in [-0.15, -0.1) is 0 Å². The second-order valence-corrected chi connectivity index (χ2v) is 4.93. The average molecular weight is 259 g/mol. The Morgan fingerprint density at radius 3 is 2.89 bits per heavy atom. The summed E-state index contributed by atoms with van der Waals surface area (Å²) >= 11 is 0. The van der Waals surface area contributed by atoms with Crippen molar-refractivity contribution in [2.75, 3.05) is 6.61 Å². The van der Waals surface area contributed by atoms with Crippen LogP contribution in [0.2, 0.25) is 0 Å². The van der Waals surface area contributed by atoms with Crippen LogP contribution in [0.3, 0.4) is 0 Å². The van der Waals surface area contributed by atoms with E-state index in [1.165, 1.54) is 10.9 Å². The van der Waals surface area contributed by atoms with Crippen molar-refractivity contribution in [1.82, 2.24) is 4.57 Å². The molecule has 0 aliphatic heterocycles. The predicted molar refractivity (Wildman–Crippen MR) is 77.2 cm³/mol. The Morgan fingerprint density at radius 1 is 1.26 bits per heavy atom. The van der Waals surface area contributed by atoms with E-state index in [0.717, 1.165) is 24.8 Å². The second kappa shape index (κ2) is 6.41. The van der Waals surface area contributed by atoms with E-state index in [-0.39, 0.29) is 5.97 Å². The van der Waals surface area contributed by atoms with Crippen LogP contribution in [-0.4, -0.2) is 17.1 Å². The van der Waals surface area contributed by atoms with Crippen molar-refractivity contribution in [2.24, 2.45) is 0 Å². The summed E-state index contributed by atoms with van der Waals surface area (Å²) in [5.41, 5.74) is 2.31. The van der Waals surface area contributed by atoms with E-state index < -0.39 is 0 Å². The maximum absolute atomic E-state index is 11.7. The van der Waals surface area contributed by atoms with Gasteiger partial charge in [-0.25, -0.2) is 0 Å². The molecule has 1 aromatic heterocycles. The van der Waals surface area contributed by atoms with Crippen molar-refractivity contribution < 1.29 is 9.53 Å². The van der Waals surface area contributed by atoms with Gasteiger partial charge in [0.05, 0.1) is 6.61 Å². The SMILES string of the molecule is CCCCCOC(=O)Cn1ccc2cc(C)ccc21. The van der Waals surface area contributed by atoms with Gasteiger partial charge < -0.3 is 9.30 Å². The highest BCUT2D eigenvalue weighted by molar-refractivity contribution is 5.82. The molecule has 102 valence electrons. The minimum absolute atomic E-state index is 0.158. The van der Waals surface area contributed by atoms with E-state index >= 15 is 0 Å². The lowest BCUT2D eigenvalue weighted by Crippen LogP contribution is -2.13. The highest BCUT2D eigenvalue weighted by atomic mass is 16.5. The molecule has 0 aliphatic rings. The summed E-state index contributed by atoms with van der Waals surface area (Å²) in [4.78, 5) is 11.7. The number of fused-ring (bicyclic) bond motifs is 1. The van der Waals surface area contributed by atoms with Crippen LogP contribution in [0, 0.1) is 6.92 Å². The summed E-state index contributed by atoms with van der Waals surface area (Å²) in [6, 6.07) is 8.27. The molecule has 19 heavy (non-hydrogen) atoms. The fraction of sp³-hybridized carbons (Fsp3) is 0.438. The average Bonchev–Trinajstić information content (AvgIpc) is 2.77. The summed E-state index contributed by atoms with van der Waals surface area (Å²) in [7, 11) is 0. The molecule has 0 atom stereocenters. The van der Waals surface area contributed by atoms with E-state index in [0.29, 0.717) is 13.2 Å². The Bertz CT molecular complexity index is 557. The number of nitrogens with zero attached hydrogens (tertiary/aromatic N) is 1. The number of unbranched alkanes of at least 4 members (excludes halogenated alkanes) is 2. The van der Waals surface area contributed by atoms with Crippen LogP contribution in [-0.2, 0) is 16.1 Å². The zero-order chi connectivity index (χ0) is 13.7. The lowest BCUT2D eigenvalue weighted by molar-refractivity contribution is -0.144. The van der Waals surface area contributed by atoms with Crippen molar-refractivity contribution >= 4 is 16.9 Å². The summed E-state index contributed by atoms with van der Waals surface area (Å²) in [5, 5.41) is 1.17. The molecule has 0 aliphatic carbocycles.